The molecule has 0 aliphatic rings. The summed E-state index contributed by atoms with van der Waals surface area (Å²) in [5.74, 6) is 0.0879. The molecule has 8 nitrogen and oxygen atoms in total. The van der Waals surface area contributed by atoms with Crippen LogP contribution >= 0.6 is 11.8 Å². The van der Waals surface area contributed by atoms with Crippen molar-refractivity contribution in [3.05, 3.63) is 64.0 Å². The molecule has 0 N–H and O–H groups in total. The summed E-state index contributed by atoms with van der Waals surface area (Å²) in [6.45, 7) is -0.177. The zero-order valence-corrected chi connectivity index (χ0v) is 13.8. The van der Waals surface area contributed by atoms with E-state index in [4.69, 9.17) is 13.7 Å². The molecule has 0 unspecified atom stereocenters. The molecular formula is C16H12N2O6S. The summed E-state index contributed by atoms with van der Waals surface area (Å²) in [5.41, 5.74) is -0.0470. The maximum absolute atomic E-state index is 12.2. The van der Waals surface area contributed by atoms with Gasteiger partial charge in [0.1, 0.15) is 17.9 Å². The third kappa shape index (κ3) is 3.72. The van der Waals surface area contributed by atoms with Crippen molar-refractivity contribution < 1.29 is 23.4 Å². The normalized spacial score (nSPS) is 10.6. The molecule has 0 saturated carbocycles. The predicted molar refractivity (Wildman–Crippen MR) is 88.2 cm³/mol. The Morgan fingerprint density at radius 1 is 1.32 bits per heavy atom. The molecule has 3 aromatic rings. The van der Waals surface area contributed by atoms with E-state index in [-0.39, 0.29) is 17.9 Å². The molecule has 0 spiro atoms. The number of carbonyl (C=O) groups is 1. The van der Waals surface area contributed by atoms with E-state index in [9.17, 15) is 14.9 Å². The summed E-state index contributed by atoms with van der Waals surface area (Å²) in [4.78, 5) is 23.4. The van der Waals surface area contributed by atoms with Gasteiger partial charge in [-0.3, -0.25) is 10.1 Å². The molecule has 9 heteroatoms. The van der Waals surface area contributed by atoms with Crippen LogP contribution < -0.4 is 0 Å². The smallest absolute Gasteiger partial charge is 0.345 e. The summed E-state index contributed by atoms with van der Waals surface area (Å²) >= 11 is 1.37. The standard InChI is InChI=1S/C16H12N2O6S/c1-25-11-4-5-13(18(20)21)12(8-11)16(19)23-9-10-7-15(24-17-10)14-3-2-6-22-14/h2-8H,9H2,1H3. The number of carbonyl (C=O) groups excluding carboxylic acids is 1. The number of esters is 1. The fourth-order valence-electron chi connectivity index (χ4n) is 2.10. The van der Waals surface area contributed by atoms with Crippen molar-refractivity contribution in [2.45, 2.75) is 11.5 Å². The van der Waals surface area contributed by atoms with Crippen molar-refractivity contribution in [3.8, 4) is 11.5 Å². The van der Waals surface area contributed by atoms with E-state index in [1.165, 1.54) is 30.2 Å². The van der Waals surface area contributed by atoms with Crippen LogP contribution in [0.3, 0.4) is 0 Å². The molecule has 2 heterocycles. The minimum absolute atomic E-state index is 0.105. The van der Waals surface area contributed by atoms with Crippen LogP contribution in [0.15, 0.2) is 56.5 Å². The number of ether oxygens (including phenoxy) is 1. The maximum Gasteiger partial charge on any atom is 0.345 e. The van der Waals surface area contributed by atoms with Crippen molar-refractivity contribution in [1.29, 1.82) is 0 Å². The van der Waals surface area contributed by atoms with Gasteiger partial charge in [0.05, 0.1) is 11.2 Å². The number of aromatic nitrogens is 1. The highest BCUT2D eigenvalue weighted by Gasteiger charge is 2.22. The zero-order valence-electron chi connectivity index (χ0n) is 13.0. The largest absolute Gasteiger partial charge is 0.461 e. The molecule has 1 aromatic carbocycles. The van der Waals surface area contributed by atoms with Gasteiger partial charge >= 0.3 is 5.97 Å². The number of hydrogen-bond acceptors (Lipinski definition) is 8. The average molecular weight is 360 g/mol. The molecule has 0 saturated heterocycles. The number of nitro groups is 1. The summed E-state index contributed by atoms with van der Waals surface area (Å²) in [6.07, 6.45) is 3.30. The van der Waals surface area contributed by atoms with Crippen LogP contribution in [0.5, 0.6) is 0 Å². The number of hydrogen-bond donors (Lipinski definition) is 0. The molecule has 2 aromatic heterocycles. The first-order valence-electron chi connectivity index (χ1n) is 7.07. The van der Waals surface area contributed by atoms with E-state index in [1.807, 2.05) is 6.26 Å². The summed E-state index contributed by atoms with van der Waals surface area (Å²) in [5, 5.41) is 14.9. The number of thioether (sulfide) groups is 1. The van der Waals surface area contributed by atoms with Gasteiger partial charge in [0, 0.05) is 17.0 Å². The molecule has 3 rings (SSSR count). The topological polar surface area (TPSA) is 109 Å². The second-order valence-corrected chi connectivity index (χ2v) is 5.76. The predicted octanol–water partition coefficient (Wildman–Crippen LogP) is 3.92. The van der Waals surface area contributed by atoms with Crippen LogP contribution in [0.4, 0.5) is 5.69 Å². The molecule has 0 radical (unpaired) electrons. The number of nitro benzene ring substituents is 1. The Kier molecular flexibility index (Phi) is 4.85. The molecule has 0 fully saturated rings. The van der Waals surface area contributed by atoms with Gasteiger partial charge < -0.3 is 13.7 Å². The molecule has 25 heavy (non-hydrogen) atoms. The van der Waals surface area contributed by atoms with Gasteiger partial charge in [-0.05, 0) is 30.5 Å². The van der Waals surface area contributed by atoms with Crippen molar-refractivity contribution in [2.24, 2.45) is 0 Å². The Balaban J connectivity index is 1.73. The van der Waals surface area contributed by atoms with Gasteiger partial charge in [0.25, 0.3) is 5.69 Å². The molecule has 128 valence electrons. The highest BCUT2D eigenvalue weighted by Crippen LogP contribution is 2.26. The van der Waals surface area contributed by atoms with E-state index >= 15 is 0 Å². The van der Waals surface area contributed by atoms with Crippen LogP contribution in [0.1, 0.15) is 16.1 Å². The van der Waals surface area contributed by atoms with Crippen LogP contribution in [0.25, 0.3) is 11.5 Å². The van der Waals surface area contributed by atoms with E-state index in [2.05, 4.69) is 5.16 Å². The maximum atomic E-state index is 12.2. The second-order valence-electron chi connectivity index (χ2n) is 4.88. The number of rotatable bonds is 6. The Morgan fingerprint density at radius 3 is 2.84 bits per heavy atom. The van der Waals surface area contributed by atoms with Crippen LogP contribution in [-0.2, 0) is 11.3 Å². The minimum atomic E-state index is -0.801. The first kappa shape index (κ1) is 16.8. The van der Waals surface area contributed by atoms with Crippen LogP contribution in [-0.4, -0.2) is 22.3 Å². The third-order valence-corrected chi connectivity index (χ3v) is 4.02. The lowest BCUT2D eigenvalue weighted by Gasteiger charge is -2.05. The SMILES string of the molecule is CSc1ccc([N+](=O)[O-])c(C(=O)OCc2cc(-c3ccco3)on2)c1. The molecule has 0 aliphatic carbocycles. The summed E-state index contributed by atoms with van der Waals surface area (Å²) in [6, 6.07) is 9.27. The Hall–Kier alpha value is -3.07. The van der Waals surface area contributed by atoms with Gasteiger partial charge in [0.15, 0.2) is 5.76 Å². The first-order valence-corrected chi connectivity index (χ1v) is 8.30. The van der Waals surface area contributed by atoms with Crippen LogP contribution in [0, 0.1) is 10.1 Å². The summed E-state index contributed by atoms with van der Waals surface area (Å²) in [7, 11) is 0. The lowest BCUT2D eigenvalue weighted by Crippen LogP contribution is -2.08. The Bertz CT molecular complexity index is 903. The van der Waals surface area contributed by atoms with Crippen LogP contribution in [0.2, 0.25) is 0 Å². The first-order chi connectivity index (χ1) is 12.1. The second kappa shape index (κ2) is 7.22. The third-order valence-electron chi connectivity index (χ3n) is 3.29. The molecule has 0 atom stereocenters. The van der Waals surface area contributed by atoms with E-state index in [0.29, 0.717) is 17.2 Å². The molecular weight excluding hydrogens is 348 g/mol. The number of nitrogens with zero attached hydrogens (tertiary/aromatic N) is 2. The number of benzene rings is 1. The fraction of sp³-hybridized carbons (Fsp3) is 0.125. The van der Waals surface area contributed by atoms with Gasteiger partial charge in [-0.2, -0.15) is 0 Å². The average Bonchev–Trinajstić information content (AvgIpc) is 3.30. The zero-order chi connectivity index (χ0) is 17.8. The highest BCUT2D eigenvalue weighted by atomic mass is 32.2. The fourth-order valence-corrected chi connectivity index (χ4v) is 2.54. The van der Waals surface area contributed by atoms with Gasteiger partial charge in [-0.15, -0.1) is 11.8 Å². The number of furan rings is 1. The van der Waals surface area contributed by atoms with Crippen molar-refractivity contribution in [1.82, 2.24) is 5.16 Å². The van der Waals surface area contributed by atoms with E-state index in [0.717, 1.165) is 4.90 Å². The van der Waals surface area contributed by atoms with Crippen molar-refractivity contribution >= 4 is 23.4 Å². The van der Waals surface area contributed by atoms with Gasteiger partial charge in [-0.1, -0.05) is 5.16 Å². The van der Waals surface area contributed by atoms with Gasteiger partial charge in [-0.25, -0.2) is 4.79 Å². The van der Waals surface area contributed by atoms with E-state index < -0.39 is 10.9 Å². The van der Waals surface area contributed by atoms with Crippen molar-refractivity contribution in [3.63, 3.8) is 0 Å². The molecule has 0 bridgehead atoms. The lowest BCUT2D eigenvalue weighted by molar-refractivity contribution is -0.385. The monoisotopic (exact) mass is 360 g/mol. The summed E-state index contributed by atoms with van der Waals surface area (Å²) < 4.78 is 15.4. The molecule has 0 aliphatic heterocycles. The van der Waals surface area contributed by atoms with Gasteiger partial charge in [0.2, 0.25) is 5.76 Å². The molecule has 0 amide bonds. The van der Waals surface area contributed by atoms with Crippen molar-refractivity contribution in [2.75, 3.05) is 6.26 Å². The lowest BCUT2D eigenvalue weighted by atomic mass is 10.2. The Morgan fingerprint density at radius 2 is 2.16 bits per heavy atom. The Labute approximate surface area is 145 Å². The quantitative estimate of drug-likeness (QED) is 0.282. The minimum Gasteiger partial charge on any atom is -0.461 e. The van der Waals surface area contributed by atoms with E-state index in [1.54, 1.807) is 24.3 Å². The highest BCUT2D eigenvalue weighted by molar-refractivity contribution is 7.98.